The third kappa shape index (κ3) is 7.47. The molecule has 0 aliphatic heterocycles. The van der Waals surface area contributed by atoms with Gasteiger partial charge in [-0.15, -0.1) is 81.2 Å². The maximum atomic E-state index is 3.06. The van der Waals surface area contributed by atoms with Crippen molar-refractivity contribution >= 4 is 28.4 Å². The minimum atomic E-state index is 0. The Kier molecular flexibility index (Phi) is 11.5. The van der Waals surface area contributed by atoms with Crippen molar-refractivity contribution in [3.63, 3.8) is 0 Å². The van der Waals surface area contributed by atoms with E-state index in [1.165, 1.54) is 56.0 Å². The molecule has 0 atom stereocenters. The van der Waals surface area contributed by atoms with E-state index in [2.05, 4.69) is 121 Å². The summed E-state index contributed by atoms with van der Waals surface area (Å²) >= 11 is 1.36. The molecular weight excluding hydrogens is 456 g/mol. The Morgan fingerprint density at radius 1 is 0.600 bits per heavy atom. The fraction of sp³-hybridized carbons (Fsp3) is 0.286. The summed E-state index contributed by atoms with van der Waals surface area (Å²) in [6.07, 6.45) is 0. The van der Waals surface area contributed by atoms with Crippen LogP contribution in [0, 0.1) is 14.9 Å². The van der Waals surface area contributed by atoms with Gasteiger partial charge in [-0.25, -0.2) is 0 Å². The Morgan fingerprint density at radius 2 is 0.900 bits per heavy atom. The topological polar surface area (TPSA) is 0 Å². The second kappa shape index (κ2) is 12.0. The van der Waals surface area contributed by atoms with E-state index < -0.39 is 0 Å². The summed E-state index contributed by atoms with van der Waals surface area (Å²) < 4.78 is 0. The second-order valence-corrected chi connectivity index (χ2v) is 9.25. The van der Waals surface area contributed by atoms with Crippen molar-refractivity contribution in [2.45, 2.75) is 52.4 Å². The maximum absolute atomic E-state index is 3.06. The van der Waals surface area contributed by atoms with Gasteiger partial charge in [0.15, 0.2) is 0 Å². The summed E-state index contributed by atoms with van der Waals surface area (Å²) in [4.78, 5) is 0. The molecule has 0 bridgehead atoms. The standard InChI is InChI=1S/2C13H15.2CH3.Si.Zr/c2*1-13(2,3)12-8-10-6-4-5-7-11(10)9-12;;;;/h2*4-9H,1-3H3;2*1H3;;/q4*-1;;. The quantitative estimate of drug-likeness (QED) is 0.172. The first-order valence-electron chi connectivity index (χ1n) is 9.71. The molecule has 2 heteroatoms. The molecule has 2 radical (unpaired) electrons. The van der Waals surface area contributed by atoms with Crippen LogP contribution in [0.2, 0.25) is 0 Å². The van der Waals surface area contributed by atoms with Gasteiger partial charge in [0.2, 0.25) is 0 Å². The number of fused-ring (bicyclic) bond motifs is 2. The summed E-state index contributed by atoms with van der Waals surface area (Å²) in [5.41, 5.74) is 3.38. The van der Waals surface area contributed by atoms with Crippen molar-refractivity contribution in [2.24, 2.45) is 0 Å². The van der Waals surface area contributed by atoms with Crippen LogP contribution in [0.5, 0.6) is 0 Å². The van der Waals surface area contributed by atoms with Crippen molar-refractivity contribution < 1.29 is 23.3 Å². The van der Waals surface area contributed by atoms with E-state index in [4.69, 9.17) is 0 Å². The van der Waals surface area contributed by atoms with E-state index in [0.29, 0.717) is 0 Å². The first-order valence-corrected chi connectivity index (χ1v) is 13.9. The third-order valence-corrected chi connectivity index (χ3v) is 4.97. The van der Waals surface area contributed by atoms with Gasteiger partial charge in [0, 0.05) is 0 Å². The number of benzene rings is 2. The average molecular weight is 492 g/mol. The molecule has 0 unspecified atom stereocenters. The average Bonchev–Trinajstić information content (AvgIpc) is 3.27. The van der Waals surface area contributed by atoms with E-state index in [0.717, 1.165) is 0 Å². The van der Waals surface area contributed by atoms with Gasteiger partial charge in [0.1, 0.15) is 0 Å². The predicted molar refractivity (Wildman–Crippen MR) is 135 cm³/mol. The van der Waals surface area contributed by atoms with Crippen LogP contribution >= 0.6 is 0 Å². The zero-order chi connectivity index (χ0) is 20.9. The van der Waals surface area contributed by atoms with Gasteiger partial charge in [0.25, 0.3) is 0 Å². The molecule has 0 amide bonds. The van der Waals surface area contributed by atoms with Gasteiger partial charge in [-0.3, -0.25) is 0 Å². The molecule has 0 saturated carbocycles. The SMILES string of the molecule is CC(C)(C)c1cc2ccccc2[cH-]1.CC(C)(C)c1cc2ccccc2[cH-]1.[CH3-].[CH3-].[Si]=[Zr]. The van der Waals surface area contributed by atoms with Crippen molar-refractivity contribution in [1.82, 2.24) is 0 Å². The van der Waals surface area contributed by atoms with E-state index in [1.807, 2.05) is 0 Å². The number of hydrogen-bond donors (Lipinski definition) is 0. The van der Waals surface area contributed by atoms with E-state index >= 15 is 0 Å². The van der Waals surface area contributed by atoms with Crippen molar-refractivity contribution in [3.8, 4) is 0 Å². The summed E-state index contributed by atoms with van der Waals surface area (Å²) in [5, 5.41) is 5.42. The Hall–Kier alpha value is -1.24. The molecule has 4 rings (SSSR count). The van der Waals surface area contributed by atoms with Crippen molar-refractivity contribution in [3.05, 3.63) is 98.8 Å². The van der Waals surface area contributed by atoms with E-state index in [1.54, 1.807) is 0 Å². The van der Waals surface area contributed by atoms with Crippen LogP contribution in [0.4, 0.5) is 0 Å². The van der Waals surface area contributed by atoms with Gasteiger partial charge < -0.3 is 14.9 Å². The Bertz CT molecular complexity index is 872. The van der Waals surface area contributed by atoms with Gasteiger partial charge >= 0.3 is 30.2 Å². The van der Waals surface area contributed by atoms with Crippen LogP contribution in [-0.4, -0.2) is 6.88 Å². The van der Waals surface area contributed by atoms with Crippen molar-refractivity contribution in [1.29, 1.82) is 0 Å². The molecule has 0 heterocycles. The van der Waals surface area contributed by atoms with Crippen molar-refractivity contribution in [2.75, 3.05) is 0 Å². The second-order valence-electron chi connectivity index (χ2n) is 9.25. The van der Waals surface area contributed by atoms with Crippen LogP contribution in [-0.2, 0) is 34.2 Å². The first kappa shape index (κ1) is 28.8. The van der Waals surface area contributed by atoms with E-state index in [9.17, 15) is 0 Å². The summed E-state index contributed by atoms with van der Waals surface area (Å²) in [6.45, 7) is 16.6. The zero-order valence-electron chi connectivity index (χ0n) is 19.9. The molecule has 0 spiro atoms. The van der Waals surface area contributed by atoms with Crippen LogP contribution in [0.15, 0.2) is 72.8 Å². The monoisotopic (exact) mass is 490 g/mol. The van der Waals surface area contributed by atoms with Gasteiger partial charge in [-0.1, -0.05) is 53.7 Å². The van der Waals surface area contributed by atoms with Gasteiger partial charge in [-0.2, -0.15) is 12.1 Å². The molecule has 0 saturated heterocycles. The molecule has 0 aliphatic rings. The Labute approximate surface area is 202 Å². The summed E-state index contributed by atoms with van der Waals surface area (Å²) in [5.74, 6) is 0. The minimum absolute atomic E-state index is 0. The Morgan fingerprint density at radius 3 is 1.17 bits per heavy atom. The molecule has 160 valence electrons. The van der Waals surface area contributed by atoms with Crippen LogP contribution in [0.25, 0.3) is 21.5 Å². The molecule has 0 N–H and O–H groups in total. The normalized spacial score (nSPS) is 10.7. The fourth-order valence-corrected chi connectivity index (χ4v) is 3.17. The molecule has 4 aromatic rings. The van der Waals surface area contributed by atoms with Crippen LogP contribution in [0.3, 0.4) is 0 Å². The molecule has 4 aromatic carbocycles. The van der Waals surface area contributed by atoms with E-state index in [-0.39, 0.29) is 25.7 Å². The van der Waals surface area contributed by atoms with Gasteiger partial charge in [0.05, 0.1) is 0 Å². The third-order valence-electron chi connectivity index (χ3n) is 4.97. The fourth-order valence-electron chi connectivity index (χ4n) is 3.17. The molecular formula is C28H36SiZr-4. The zero-order valence-corrected chi connectivity index (χ0v) is 23.4. The molecule has 0 aromatic heterocycles. The summed E-state index contributed by atoms with van der Waals surface area (Å²) in [6, 6.07) is 26.2. The van der Waals surface area contributed by atoms with Crippen LogP contribution in [0.1, 0.15) is 52.7 Å². The molecule has 0 aliphatic carbocycles. The number of hydrogen-bond acceptors (Lipinski definition) is 0. The molecule has 30 heavy (non-hydrogen) atoms. The first-order chi connectivity index (χ1) is 13.1. The predicted octanol–water partition coefficient (Wildman–Crippen LogP) is 8.23. The summed E-state index contributed by atoms with van der Waals surface area (Å²) in [7, 11) is 0. The molecule has 0 nitrogen and oxygen atoms in total. The Balaban J connectivity index is 0.000000488. The number of rotatable bonds is 0. The van der Waals surface area contributed by atoms with Gasteiger partial charge in [-0.05, 0) is 10.8 Å². The molecule has 0 fully saturated rings. The van der Waals surface area contributed by atoms with Crippen LogP contribution < -0.4 is 0 Å².